The molecule has 2 spiro atoms. The van der Waals surface area contributed by atoms with E-state index in [0.29, 0.717) is 27.8 Å². The van der Waals surface area contributed by atoms with Gasteiger partial charge in [0, 0.05) is 106 Å². The van der Waals surface area contributed by atoms with Crippen LogP contribution in [-0.2, 0) is 9.59 Å². The van der Waals surface area contributed by atoms with E-state index in [2.05, 4.69) is 43.1 Å². The van der Waals surface area contributed by atoms with Crippen LogP contribution in [0, 0.1) is 22.2 Å². The number of carbonyl (C=O) groups is 5. The molecule has 60 heavy (non-hydrogen) atoms. The molecular weight excluding hydrogens is 780 g/mol. The monoisotopic (exact) mass is 828 g/mol. The Morgan fingerprint density at radius 3 is 2.02 bits per heavy atom. The van der Waals surface area contributed by atoms with Crippen molar-refractivity contribution in [3.8, 4) is 6.07 Å². The summed E-state index contributed by atoms with van der Waals surface area (Å²) in [5, 5.41) is 12.0. The topological polar surface area (TPSA) is 141 Å². The maximum absolute atomic E-state index is 13.7. The summed E-state index contributed by atoms with van der Waals surface area (Å²) in [6, 6.07) is 21.0. The van der Waals surface area contributed by atoms with E-state index in [0.717, 1.165) is 126 Å². The summed E-state index contributed by atoms with van der Waals surface area (Å²) in [4.78, 5) is 77.1. The van der Waals surface area contributed by atoms with Crippen LogP contribution in [0.4, 0.5) is 17.1 Å². The van der Waals surface area contributed by atoms with Gasteiger partial charge in [-0.3, -0.25) is 39.1 Å². The molecule has 7 aliphatic heterocycles. The lowest BCUT2D eigenvalue weighted by molar-refractivity contribution is -0.136. The summed E-state index contributed by atoms with van der Waals surface area (Å²) in [7, 11) is 0. The van der Waals surface area contributed by atoms with E-state index in [4.69, 9.17) is 11.6 Å². The maximum atomic E-state index is 13.7. The summed E-state index contributed by atoms with van der Waals surface area (Å²) in [6.45, 7) is 9.23. The van der Waals surface area contributed by atoms with E-state index in [1.165, 1.54) is 5.69 Å². The first-order valence-electron chi connectivity index (χ1n) is 21.4. The van der Waals surface area contributed by atoms with Crippen molar-refractivity contribution in [3.05, 3.63) is 87.9 Å². The van der Waals surface area contributed by atoms with Crippen LogP contribution >= 0.6 is 11.6 Å². The number of nitriles is 1. The minimum atomic E-state index is -0.972. The molecule has 1 atom stereocenters. The van der Waals surface area contributed by atoms with Crippen molar-refractivity contribution in [3.63, 3.8) is 0 Å². The third-order valence-corrected chi connectivity index (χ3v) is 15.1. The Labute approximate surface area is 354 Å². The predicted octanol–water partition coefficient (Wildman–Crippen LogP) is 4.93. The Kier molecular flexibility index (Phi) is 9.63. The molecule has 6 fully saturated rings. The number of carbonyl (C=O) groups excluding carboxylic acids is 5. The maximum Gasteiger partial charge on any atom is 0.262 e. The molecule has 3 aromatic rings. The van der Waals surface area contributed by atoms with Crippen molar-refractivity contribution in [1.82, 2.24) is 20.0 Å². The van der Waals surface area contributed by atoms with Crippen LogP contribution < -0.4 is 20.0 Å². The Hall–Kier alpha value is -5.45. The Morgan fingerprint density at radius 2 is 1.32 bits per heavy atom. The third-order valence-electron chi connectivity index (χ3n) is 14.8. The van der Waals surface area contributed by atoms with Crippen LogP contribution in [0.1, 0.15) is 88.0 Å². The van der Waals surface area contributed by atoms with E-state index >= 15 is 0 Å². The van der Waals surface area contributed by atoms with Gasteiger partial charge < -0.3 is 19.6 Å². The van der Waals surface area contributed by atoms with E-state index < -0.39 is 23.8 Å². The zero-order valence-corrected chi connectivity index (χ0v) is 34.5. The van der Waals surface area contributed by atoms with Crippen LogP contribution in [-0.4, -0.2) is 122 Å². The average molecular weight is 829 g/mol. The number of nitrogens with zero attached hydrogens (tertiary/aromatic N) is 7. The molecule has 1 N–H and O–H groups in total. The minimum Gasteiger partial charge on any atom is -0.371 e. The van der Waals surface area contributed by atoms with Crippen molar-refractivity contribution >= 4 is 58.2 Å². The molecule has 10 rings (SSSR count). The van der Waals surface area contributed by atoms with Gasteiger partial charge in [-0.15, -0.1) is 0 Å². The molecule has 0 radical (unpaired) electrons. The molecule has 1 unspecified atom stereocenters. The van der Waals surface area contributed by atoms with E-state index in [9.17, 15) is 29.2 Å². The number of fused-ring (bicyclic) bond motifs is 1. The van der Waals surface area contributed by atoms with Crippen LogP contribution in [0.15, 0.2) is 60.7 Å². The summed E-state index contributed by atoms with van der Waals surface area (Å²) in [5.41, 5.74) is 5.47. The molecule has 0 aromatic heterocycles. The first kappa shape index (κ1) is 38.7. The molecule has 7 heterocycles. The lowest BCUT2D eigenvalue weighted by Crippen LogP contribution is -2.62. The van der Waals surface area contributed by atoms with Gasteiger partial charge in [0.25, 0.3) is 17.7 Å². The van der Waals surface area contributed by atoms with Crippen LogP contribution in [0.2, 0.25) is 5.02 Å². The first-order chi connectivity index (χ1) is 29.0. The second kappa shape index (κ2) is 14.9. The third kappa shape index (κ3) is 6.78. The van der Waals surface area contributed by atoms with Gasteiger partial charge in [0.2, 0.25) is 11.8 Å². The number of amides is 5. The molecule has 5 amide bonds. The number of imide groups is 2. The quantitative estimate of drug-likeness (QED) is 0.341. The number of anilines is 3. The van der Waals surface area contributed by atoms with Gasteiger partial charge in [-0.25, -0.2) is 0 Å². The molecule has 310 valence electrons. The van der Waals surface area contributed by atoms with Crippen LogP contribution in [0.3, 0.4) is 0 Å². The minimum absolute atomic E-state index is 0.0933. The van der Waals surface area contributed by atoms with Crippen molar-refractivity contribution in [2.45, 2.75) is 63.5 Å². The molecule has 0 bridgehead atoms. The van der Waals surface area contributed by atoms with Gasteiger partial charge in [0.1, 0.15) is 12.1 Å². The summed E-state index contributed by atoms with van der Waals surface area (Å²) in [5.74, 6) is -1.84. The number of piperidine rings is 3. The lowest BCUT2D eigenvalue weighted by Gasteiger charge is -2.53. The number of benzene rings is 3. The van der Waals surface area contributed by atoms with E-state index in [-0.39, 0.29) is 35.5 Å². The zero-order chi connectivity index (χ0) is 41.3. The van der Waals surface area contributed by atoms with Gasteiger partial charge in [-0.05, 0) is 111 Å². The Morgan fingerprint density at radius 1 is 0.683 bits per heavy atom. The standard InChI is InChI=1S/C46H49ClN8O5/c47-38-24-35(6-3-31(38)25-48)52-21-15-45(26-52)13-19-51(20-14-45)32-4-1-30(2-5-32)42(58)53-22-16-46(27-53)28-54(29-46)33-11-17-50(18-12-33)34-7-8-36-37(23-34)44(60)55(43(36)59)39-9-10-40(56)49-41(39)57/h1-8,23-24,33,39H,9-22,26-29H2,(H,49,56,57). The highest BCUT2D eigenvalue weighted by Crippen LogP contribution is 2.45. The largest absolute Gasteiger partial charge is 0.371 e. The fraction of sp³-hybridized carbons (Fsp3) is 0.478. The fourth-order valence-corrected chi connectivity index (χ4v) is 11.4. The van der Waals surface area contributed by atoms with Gasteiger partial charge >= 0.3 is 0 Å². The fourth-order valence-electron chi connectivity index (χ4n) is 11.2. The number of nitrogens with one attached hydrogen (secondary N) is 1. The SMILES string of the molecule is N#Cc1ccc(N2CCC3(CCN(c4ccc(C(=O)N5CCC6(C5)CN(C5CCN(c7ccc8c(c7)C(=O)N(C7CCC(=O)NC7=O)C8=O)CC5)C6)cc4)CC3)C2)cc1Cl. The van der Waals surface area contributed by atoms with E-state index in [1.54, 1.807) is 12.1 Å². The molecule has 0 aliphatic carbocycles. The zero-order valence-electron chi connectivity index (χ0n) is 33.7. The normalized spacial score (nSPS) is 24.0. The second-order valence-corrected chi connectivity index (χ2v) is 18.7. The number of hydrogen-bond acceptors (Lipinski definition) is 10. The summed E-state index contributed by atoms with van der Waals surface area (Å²) < 4.78 is 0. The molecule has 7 aliphatic rings. The molecule has 13 nitrogen and oxygen atoms in total. The van der Waals surface area contributed by atoms with Crippen molar-refractivity contribution in [1.29, 1.82) is 5.26 Å². The summed E-state index contributed by atoms with van der Waals surface area (Å²) >= 11 is 6.34. The Bertz CT molecular complexity index is 2320. The van der Waals surface area contributed by atoms with Gasteiger partial charge in [0.15, 0.2) is 0 Å². The van der Waals surface area contributed by atoms with Gasteiger partial charge in [-0.1, -0.05) is 11.6 Å². The van der Waals surface area contributed by atoms with Crippen molar-refractivity contribution in [2.24, 2.45) is 10.8 Å². The lowest BCUT2D eigenvalue weighted by atomic mass is 9.77. The highest BCUT2D eigenvalue weighted by Gasteiger charge is 2.51. The number of likely N-dealkylation sites (tertiary alicyclic amines) is 2. The van der Waals surface area contributed by atoms with Crippen molar-refractivity contribution in [2.75, 3.05) is 80.1 Å². The number of halogens is 1. The van der Waals surface area contributed by atoms with Crippen LogP contribution in [0.5, 0.6) is 0 Å². The smallest absolute Gasteiger partial charge is 0.262 e. The van der Waals surface area contributed by atoms with Crippen LogP contribution in [0.25, 0.3) is 0 Å². The molecule has 6 saturated heterocycles. The number of hydrogen-bond donors (Lipinski definition) is 1. The summed E-state index contributed by atoms with van der Waals surface area (Å²) in [6.07, 6.45) is 6.62. The molecule has 0 saturated carbocycles. The molecule has 14 heteroatoms. The predicted molar refractivity (Wildman–Crippen MR) is 226 cm³/mol. The molecular formula is C46H49ClN8O5. The second-order valence-electron chi connectivity index (χ2n) is 18.3. The average Bonchev–Trinajstić information content (AvgIpc) is 3.95. The Balaban J connectivity index is 0.682. The first-order valence-corrected chi connectivity index (χ1v) is 21.8. The van der Waals surface area contributed by atoms with E-state index in [1.807, 2.05) is 41.3 Å². The molecule has 3 aromatic carbocycles. The van der Waals surface area contributed by atoms with Gasteiger partial charge in [-0.2, -0.15) is 5.26 Å². The van der Waals surface area contributed by atoms with Crippen molar-refractivity contribution < 1.29 is 24.0 Å². The highest BCUT2D eigenvalue weighted by atomic mass is 35.5. The highest BCUT2D eigenvalue weighted by molar-refractivity contribution is 6.32. The van der Waals surface area contributed by atoms with Gasteiger partial charge in [0.05, 0.1) is 21.7 Å². The number of rotatable bonds is 6.